The molecule has 1 aliphatic rings. The maximum atomic E-state index is 12.0. The number of anilines is 1. The molecule has 1 saturated heterocycles. The molecule has 6 nitrogen and oxygen atoms in total. The number of rotatable bonds is 2. The average molecular weight is 261 g/mol. The van der Waals surface area contributed by atoms with E-state index in [1.165, 1.54) is 6.92 Å². The molecule has 0 unspecified atom stereocenters. The molecule has 0 saturated carbocycles. The zero-order valence-corrected chi connectivity index (χ0v) is 10.8. The molecular weight excluding hydrogens is 246 g/mol. The van der Waals surface area contributed by atoms with Crippen LogP contribution in [0.1, 0.15) is 32.3 Å². The van der Waals surface area contributed by atoms with Crippen molar-refractivity contribution in [2.75, 3.05) is 5.32 Å². The number of carbonyl (C=O) groups excluding carboxylic acids is 3. The van der Waals surface area contributed by atoms with Gasteiger partial charge in [-0.05, 0) is 25.0 Å². The lowest BCUT2D eigenvalue weighted by molar-refractivity contribution is -0.137. The second-order valence-corrected chi connectivity index (χ2v) is 4.82. The predicted molar refractivity (Wildman–Crippen MR) is 68.3 cm³/mol. The summed E-state index contributed by atoms with van der Waals surface area (Å²) >= 11 is 0. The van der Waals surface area contributed by atoms with Gasteiger partial charge in [0.05, 0.1) is 5.41 Å². The van der Waals surface area contributed by atoms with Gasteiger partial charge in [0, 0.05) is 19.5 Å². The first-order chi connectivity index (χ1) is 8.91. The smallest absolute Gasteiger partial charge is 0.236 e. The molecule has 0 aromatic carbocycles. The topological polar surface area (TPSA) is 88.2 Å². The molecule has 1 aliphatic heterocycles. The van der Waals surface area contributed by atoms with Crippen LogP contribution >= 0.6 is 0 Å². The average Bonchev–Trinajstić information content (AvgIpc) is 2.34. The highest BCUT2D eigenvalue weighted by atomic mass is 16.2. The first kappa shape index (κ1) is 13.2. The van der Waals surface area contributed by atoms with Crippen molar-refractivity contribution in [1.82, 2.24) is 10.3 Å². The second kappa shape index (κ2) is 4.79. The van der Waals surface area contributed by atoms with Crippen LogP contribution < -0.4 is 10.6 Å². The highest BCUT2D eigenvalue weighted by Crippen LogP contribution is 2.31. The molecule has 0 aliphatic carbocycles. The summed E-state index contributed by atoms with van der Waals surface area (Å²) < 4.78 is 0. The summed E-state index contributed by atoms with van der Waals surface area (Å²) in [6.45, 7) is 3.18. The molecule has 1 aromatic rings. The molecule has 3 amide bonds. The Bertz CT molecular complexity index is 539. The molecule has 6 heteroatoms. The van der Waals surface area contributed by atoms with Crippen molar-refractivity contribution in [1.29, 1.82) is 0 Å². The van der Waals surface area contributed by atoms with Gasteiger partial charge < -0.3 is 5.32 Å². The zero-order chi connectivity index (χ0) is 14.0. The quantitative estimate of drug-likeness (QED) is 0.768. The number of amides is 3. The SMILES string of the molecule is CC(=O)Nc1ccc([C@@]2(C)CCC(=O)NC2=O)cn1. The maximum absolute atomic E-state index is 12.0. The molecule has 100 valence electrons. The van der Waals surface area contributed by atoms with Crippen LogP contribution in [0.2, 0.25) is 0 Å². The van der Waals surface area contributed by atoms with E-state index >= 15 is 0 Å². The van der Waals surface area contributed by atoms with Gasteiger partial charge in [-0.1, -0.05) is 6.07 Å². The summed E-state index contributed by atoms with van der Waals surface area (Å²) in [6.07, 6.45) is 2.33. The monoisotopic (exact) mass is 261 g/mol. The minimum absolute atomic E-state index is 0.201. The minimum atomic E-state index is -0.754. The highest BCUT2D eigenvalue weighted by Gasteiger charge is 2.40. The van der Waals surface area contributed by atoms with Gasteiger partial charge in [0.15, 0.2) is 0 Å². The summed E-state index contributed by atoms with van der Waals surface area (Å²) in [5.74, 6) is -0.317. The van der Waals surface area contributed by atoms with Crippen molar-refractivity contribution in [2.45, 2.75) is 32.1 Å². The molecule has 2 N–H and O–H groups in total. The number of carbonyl (C=O) groups is 3. The fraction of sp³-hybridized carbons (Fsp3) is 0.385. The molecule has 2 heterocycles. The van der Waals surface area contributed by atoms with Crippen LogP contribution in [0.25, 0.3) is 0 Å². The van der Waals surface area contributed by atoms with Gasteiger partial charge in [-0.25, -0.2) is 4.98 Å². The second-order valence-electron chi connectivity index (χ2n) is 4.82. The normalized spacial score (nSPS) is 22.8. The number of imide groups is 1. The van der Waals surface area contributed by atoms with E-state index in [0.29, 0.717) is 18.7 Å². The number of piperidine rings is 1. The molecule has 0 spiro atoms. The Hall–Kier alpha value is -2.24. The van der Waals surface area contributed by atoms with Crippen LogP contribution in [0.3, 0.4) is 0 Å². The molecule has 1 fully saturated rings. The van der Waals surface area contributed by atoms with E-state index in [0.717, 1.165) is 5.56 Å². The molecule has 0 radical (unpaired) electrons. The zero-order valence-electron chi connectivity index (χ0n) is 10.8. The Morgan fingerprint density at radius 1 is 1.42 bits per heavy atom. The van der Waals surface area contributed by atoms with Gasteiger partial charge in [-0.3, -0.25) is 19.7 Å². The predicted octanol–water partition coefficient (Wildman–Crippen LogP) is 0.734. The number of nitrogens with zero attached hydrogens (tertiary/aromatic N) is 1. The van der Waals surface area contributed by atoms with Crippen molar-refractivity contribution in [3.63, 3.8) is 0 Å². The highest BCUT2D eigenvalue weighted by molar-refractivity contribution is 6.03. The summed E-state index contributed by atoms with van der Waals surface area (Å²) in [4.78, 5) is 38.1. The van der Waals surface area contributed by atoms with E-state index in [9.17, 15) is 14.4 Å². The largest absolute Gasteiger partial charge is 0.311 e. The third kappa shape index (κ3) is 2.62. The van der Waals surface area contributed by atoms with Crippen molar-refractivity contribution < 1.29 is 14.4 Å². The van der Waals surface area contributed by atoms with Gasteiger partial charge in [0.25, 0.3) is 0 Å². The molecule has 2 rings (SSSR count). The first-order valence-electron chi connectivity index (χ1n) is 6.00. The minimum Gasteiger partial charge on any atom is -0.311 e. The number of aromatic nitrogens is 1. The molecule has 19 heavy (non-hydrogen) atoms. The lowest BCUT2D eigenvalue weighted by Crippen LogP contribution is -2.49. The van der Waals surface area contributed by atoms with E-state index in [1.54, 1.807) is 25.3 Å². The Balaban J connectivity index is 2.23. The Morgan fingerprint density at radius 2 is 2.16 bits per heavy atom. The summed E-state index contributed by atoms with van der Waals surface area (Å²) in [6, 6.07) is 3.39. The number of hydrogen-bond acceptors (Lipinski definition) is 4. The van der Waals surface area contributed by atoms with Gasteiger partial charge in [0.2, 0.25) is 17.7 Å². The van der Waals surface area contributed by atoms with Crippen molar-refractivity contribution in [3.05, 3.63) is 23.9 Å². The Kier molecular flexibility index (Phi) is 3.33. The molecular formula is C13H15N3O3. The fourth-order valence-corrected chi connectivity index (χ4v) is 2.05. The van der Waals surface area contributed by atoms with Crippen LogP contribution in [-0.2, 0) is 19.8 Å². The first-order valence-corrected chi connectivity index (χ1v) is 6.00. The van der Waals surface area contributed by atoms with Crippen molar-refractivity contribution in [3.8, 4) is 0 Å². The summed E-state index contributed by atoms with van der Waals surface area (Å²) in [5, 5.41) is 4.90. The number of nitrogens with one attached hydrogen (secondary N) is 2. The van der Waals surface area contributed by atoms with E-state index < -0.39 is 5.41 Å². The van der Waals surface area contributed by atoms with Gasteiger partial charge >= 0.3 is 0 Å². The summed E-state index contributed by atoms with van der Waals surface area (Å²) in [5.41, 5.74) is -0.0260. The van der Waals surface area contributed by atoms with Crippen LogP contribution in [0.15, 0.2) is 18.3 Å². The van der Waals surface area contributed by atoms with Crippen LogP contribution in [0.5, 0.6) is 0 Å². The lowest BCUT2D eigenvalue weighted by Gasteiger charge is -2.31. The number of pyridine rings is 1. The fourth-order valence-electron chi connectivity index (χ4n) is 2.05. The number of hydrogen-bond donors (Lipinski definition) is 2. The standard InChI is InChI=1S/C13H15N3O3/c1-8(17)15-10-4-3-9(7-14-10)13(2)6-5-11(18)16-12(13)19/h3-4,7H,5-6H2,1-2H3,(H,14,15,17)(H,16,18,19)/t13-/m1/s1. The van der Waals surface area contributed by atoms with E-state index in [1.807, 2.05) is 0 Å². The Labute approximate surface area is 110 Å². The van der Waals surface area contributed by atoms with Gasteiger partial charge in [0.1, 0.15) is 5.82 Å². The van der Waals surface area contributed by atoms with Crippen LogP contribution in [-0.4, -0.2) is 22.7 Å². The Morgan fingerprint density at radius 3 is 2.68 bits per heavy atom. The maximum Gasteiger partial charge on any atom is 0.236 e. The van der Waals surface area contributed by atoms with Crippen molar-refractivity contribution in [2.24, 2.45) is 0 Å². The van der Waals surface area contributed by atoms with E-state index in [4.69, 9.17) is 0 Å². The van der Waals surface area contributed by atoms with Gasteiger partial charge in [-0.15, -0.1) is 0 Å². The summed E-state index contributed by atoms with van der Waals surface area (Å²) in [7, 11) is 0. The molecule has 1 atom stereocenters. The van der Waals surface area contributed by atoms with E-state index in [-0.39, 0.29) is 17.7 Å². The third-order valence-corrected chi connectivity index (χ3v) is 3.31. The van der Waals surface area contributed by atoms with Crippen LogP contribution in [0.4, 0.5) is 5.82 Å². The lowest BCUT2D eigenvalue weighted by atomic mass is 9.76. The van der Waals surface area contributed by atoms with E-state index in [2.05, 4.69) is 15.6 Å². The van der Waals surface area contributed by atoms with Gasteiger partial charge in [-0.2, -0.15) is 0 Å². The molecule has 0 bridgehead atoms. The van der Waals surface area contributed by atoms with Crippen molar-refractivity contribution >= 4 is 23.5 Å². The van der Waals surface area contributed by atoms with Crippen LogP contribution in [0, 0.1) is 0 Å². The third-order valence-electron chi connectivity index (χ3n) is 3.31. The molecule has 1 aromatic heterocycles.